The summed E-state index contributed by atoms with van der Waals surface area (Å²) < 4.78 is 44.2. The molecule has 0 radical (unpaired) electrons. The zero-order valence-corrected chi connectivity index (χ0v) is 11.2. The third kappa shape index (κ3) is 3.10. The molecule has 0 saturated heterocycles. The molecule has 1 heterocycles. The van der Waals surface area contributed by atoms with Gasteiger partial charge in [-0.3, -0.25) is 0 Å². The van der Waals surface area contributed by atoms with E-state index < -0.39 is 23.5 Å². The zero-order chi connectivity index (χ0) is 14.7. The van der Waals surface area contributed by atoms with Gasteiger partial charge in [0.15, 0.2) is 11.6 Å². The SMILES string of the molecule is CCC(C)c1ccc(Oc2nc(F)c(F)cc2F)cc1. The lowest BCUT2D eigenvalue weighted by Crippen LogP contribution is -1.98. The lowest BCUT2D eigenvalue weighted by molar-refractivity contribution is 0.387. The molecule has 0 N–H and O–H groups in total. The highest BCUT2D eigenvalue weighted by Crippen LogP contribution is 2.26. The highest BCUT2D eigenvalue weighted by molar-refractivity contribution is 5.32. The Morgan fingerprint density at radius 3 is 2.35 bits per heavy atom. The molecule has 0 aliphatic heterocycles. The lowest BCUT2D eigenvalue weighted by Gasteiger charge is -2.10. The molecule has 1 unspecified atom stereocenters. The Balaban J connectivity index is 2.20. The Bertz CT molecular complexity index is 599. The van der Waals surface area contributed by atoms with E-state index >= 15 is 0 Å². The highest BCUT2D eigenvalue weighted by atomic mass is 19.2. The average Bonchev–Trinajstić information content (AvgIpc) is 2.44. The number of aromatic nitrogens is 1. The molecule has 0 bridgehead atoms. The number of hydrogen-bond donors (Lipinski definition) is 0. The van der Waals surface area contributed by atoms with E-state index in [2.05, 4.69) is 18.8 Å². The predicted molar refractivity (Wildman–Crippen MR) is 69.3 cm³/mol. The molecule has 2 nitrogen and oxygen atoms in total. The van der Waals surface area contributed by atoms with E-state index in [1.54, 1.807) is 12.1 Å². The molecule has 1 aromatic heterocycles. The summed E-state index contributed by atoms with van der Waals surface area (Å²) in [6, 6.07) is 7.39. The number of nitrogens with zero attached hydrogens (tertiary/aromatic N) is 1. The van der Waals surface area contributed by atoms with E-state index in [1.165, 1.54) is 0 Å². The summed E-state index contributed by atoms with van der Waals surface area (Å²) in [7, 11) is 0. The van der Waals surface area contributed by atoms with Gasteiger partial charge in [0.1, 0.15) is 5.75 Å². The fourth-order valence-corrected chi connectivity index (χ4v) is 1.71. The molecule has 5 heteroatoms. The normalized spacial score (nSPS) is 12.2. The van der Waals surface area contributed by atoms with Crippen LogP contribution < -0.4 is 4.74 Å². The van der Waals surface area contributed by atoms with Crippen molar-refractivity contribution in [3.05, 3.63) is 53.5 Å². The number of pyridine rings is 1. The first-order valence-electron chi connectivity index (χ1n) is 6.30. The second-order valence-corrected chi connectivity index (χ2v) is 4.53. The maximum absolute atomic E-state index is 13.4. The van der Waals surface area contributed by atoms with Crippen molar-refractivity contribution < 1.29 is 17.9 Å². The highest BCUT2D eigenvalue weighted by Gasteiger charge is 2.13. The van der Waals surface area contributed by atoms with Crippen LogP contribution in [0.3, 0.4) is 0 Å². The topological polar surface area (TPSA) is 22.1 Å². The summed E-state index contributed by atoms with van der Waals surface area (Å²) in [6.45, 7) is 4.17. The van der Waals surface area contributed by atoms with E-state index in [-0.39, 0.29) is 0 Å². The molecule has 2 rings (SSSR count). The summed E-state index contributed by atoms with van der Waals surface area (Å²) in [5, 5.41) is 0. The molecule has 2 aromatic rings. The molecule has 0 spiro atoms. The van der Waals surface area contributed by atoms with Gasteiger partial charge in [0.2, 0.25) is 0 Å². The largest absolute Gasteiger partial charge is 0.436 e. The number of halogens is 3. The lowest BCUT2D eigenvalue weighted by atomic mass is 9.99. The molecule has 0 fully saturated rings. The van der Waals surface area contributed by atoms with Crippen molar-refractivity contribution in [3.8, 4) is 11.6 Å². The van der Waals surface area contributed by atoms with Crippen LogP contribution in [0.5, 0.6) is 11.6 Å². The minimum atomic E-state index is -1.39. The van der Waals surface area contributed by atoms with Crippen molar-refractivity contribution in [2.24, 2.45) is 0 Å². The first-order chi connectivity index (χ1) is 9.51. The van der Waals surface area contributed by atoms with E-state index in [0.29, 0.717) is 17.7 Å². The second kappa shape index (κ2) is 5.94. The third-order valence-corrected chi connectivity index (χ3v) is 3.13. The van der Waals surface area contributed by atoms with Crippen LogP contribution in [0.25, 0.3) is 0 Å². The summed E-state index contributed by atoms with van der Waals surface area (Å²) in [5.74, 6) is -3.65. The van der Waals surface area contributed by atoms with Crippen LogP contribution in [0.4, 0.5) is 13.2 Å². The fraction of sp³-hybridized carbons (Fsp3) is 0.267. The first-order valence-corrected chi connectivity index (χ1v) is 6.30. The van der Waals surface area contributed by atoms with Gasteiger partial charge in [-0.1, -0.05) is 26.0 Å². The Morgan fingerprint density at radius 2 is 1.75 bits per heavy atom. The maximum Gasteiger partial charge on any atom is 0.258 e. The first kappa shape index (κ1) is 14.4. The van der Waals surface area contributed by atoms with Gasteiger partial charge in [-0.25, -0.2) is 8.78 Å². The maximum atomic E-state index is 13.4. The van der Waals surface area contributed by atoms with Gasteiger partial charge in [0.05, 0.1) is 0 Å². The fourth-order valence-electron chi connectivity index (χ4n) is 1.71. The summed E-state index contributed by atoms with van der Waals surface area (Å²) in [4.78, 5) is 3.10. The Morgan fingerprint density at radius 1 is 1.10 bits per heavy atom. The van der Waals surface area contributed by atoms with E-state index in [0.717, 1.165) is 12.0 Å². The van der Waals surface area contributed by atoms with Crippen LogP contribution in [0, 0.1) is 17.6 Å². The predicted octanol–water partition coefficient (Wildman–Crippen LogP) is 4.80. The van der Waals surface area contributed by atoms with Crippen molar-refractivity contribution >= 4 is 0 Å². The van der Waals surface area contributed by atoms with Crippen molar-refractivity contribution in [2.45, 2.75) is 26.2 Å². The molecule has 0 aliphatic carbocycles. The molecule has 106 valence electrons. The van der Waals surface area contributed by atoms with E-state index in [9.17, 15) is 13.2 Å². The van der Waals surface area contributed by atoms with Crippen LogP contribution in [0.15, 0.2) is 30.3 Å². The van der Waals surface area contributed by atoms with Crippen LogP contribution in [-0.2, 0) is 0 Å². The monoisotopic (exact) mass is 281 g/mol. The molecular formula is C15H14F3NO. The number of hydrogen-bond acceptors (Lipinski definition) is 2. The van der Waals surface area contributed by atoms with Crippen molar-refractivity contribution in [1.29, 1.82) is 0 Å². The minimum absolute atomic E-state index is 0.314. The van der Waals surface area contributed by atoms with E-state index in [1.807, 2.05) is 12.1 Å². The molecule has 1 aromatic carbocycles. The zero-order valence-electron chi connectivity index (χ0n) is 11.2. The number of benzene rings is 1. The van der Waals surface area contributed by atoms with Crippen LogP contribution in [-0.4, -0.2) is 4.98 Å². The molecule has 1 atom stereocenters. The summed E-state index contributed by atoms with van der Waals surface area (Å²) in [6.07, 6.45) is 1.000. The molecule has 0 amide bonds. The van der Waals surface area contributed by atoms with Gasteiger partial charge in [-0.05, 0) is 30.0 Å². The smallest absolute Gasteiger partial charge is 0.258 e. The standard InChI is InChI=1S/C15H14F3NO/c1-3-9(2)10-4-6-11(7-5-10)20-15-13(17)8-12(16)14(18)19-15/h4-9H,3H2,1-2H3. The number of rotatable bonds is 4. The quantitative estimate of drug-likeness (QED) is 0.751. The van der Waals surface area contributed by atoms with Gasteiger partial charge in [-0.15, -0.1) is 0 Å². The Hall–Kier alpha value is -2.04. The van der Waals surface area contributed by atoms with Crippen LogP contribution in [0.2, 0.25) is 0 Å². The van der Waals surface area contributed by atoms with Crippen molar-refractivity contribution in [3.63, 3.8) is 0 Å². The van der Waals surface area contributed by atoms with Crippen molar-refractivity contribution in [2.75, 3.05) is 0 Å². The van der Waals surface area contributed by atoms with Crippen LogP contribution >= 0.6 is 0 Å². The van der Waals surface area contributed by atoms with Crippen molar-refractivity contribution in [1.82, 2.24) is 4.98 Å². The second-order valence-electron chi connectivity index (χ2n) is 4.53. The van der Waals surface area contributed by atoms with Gasteiger partial charge in [0.25, 0.3) is 11.8 Å². The number of ether oxygens (including phenoxy) is 1. The van der Waals surface area contributed by atoms with Gasteiger partial charge in [-0.2, -0.15) is 9.37 Å². The molecule has 0 saturated carbocycles. The summed E-state index contributed by atoms with van der Waals surface area (Å²) >= 11 is 0. The van der Waals surface area contributed by atoms with Gasteiger partial charge in [0, 0.05) is 6.07 Å². The Kier molecular flexibility index (Phi) is 4.27. The molecule has 20 heavy (non-hydrogen) atoms. The third-order valence-electron chi connectivity index (χ3n) is 3.13. The Labute approximate surface area is 115 Å². The van der Waals surface area contributed by atoms with Gasteiger partial charge < -0.3 is 4.74 Å². The summed E-state index contributed by atoms with van der Waals surface area (Å²) in [5.41, 5.74) is 1.12. The average molecular weight is 281 g/mol. The molecule has 0 aliphatic rings. The van der Waals surface area contributed by atoms with Crippen LogP contribution in [0.1, 0.15) is 31.7 Å². The van der Waals surface area contributed by atoms with E-state index in [4.69, 9.17) is 4.74 Å². The minimum Gasteiger partial charge on any atom is -0.436 e. The molecular weight excluding hydrogens is 267 g/mol. The van der Waals surface area contributed by atoms with Gasteiger partial charge >= 0.3 is 0 Å².